The summed E-state index contributed by atoms with van der Waals surface area (Å²) in [6, 6.07) is 1.54. The van der Waals surface area contributed by atoms with Crippen molar-refractivity contribution < 1.29 is 0 Å². The number of rotatable bonds is 0. The third kappa shape index (κ3) is 1.04. The fraction of sp³-hybridized carbons (Fsp3) is 0. The quantitative estimate of drug-likeness (QED) is 0.528. The van der Waals surface area contributed by atoms with Crippen molar-refractivity contribution in [2.45, 2.75) is 0 Å². The van der Waals surface area contributed by atoms with E-state index in [1.807, 2.05) is 0 Å². The predicted octanol–water partition coefficient (Wildman–Crippen LogP) is 1.05. The van der Waals surface area contributed by atoms with Gasteiger partial charge >= 0.3 is 0 Å². The van der Waals surface area contributed by atoms with Crippen molar-refractivity contribution in [3.05, 3.63) is 17.0 Å². The monoisotopic (exact) mass is 126 g/mol. The van der Waals surface area contributed by atoms with Crippen molar-refractivity contribution in [2.75, 3.05) is 0 Å². The Hall–Kier alpha value is -0.900. The lowest BCUT2D eigenvalue weighted by Gasteiger charge is -1.84. The highest BCUT2D eigenvalue weighted by atomic mass is 32.1. The zero-order valence-corrected chi connectivity index (χ0v) is 4.83. The van der Waals surface area contributed by atoms with Crippen molar-refractivity contribution in [2.24, 2.45) is 0 Å². The molecule has 1 aromatic heterocycles. The summed E-state index contributed by atoms with van der Waals surface area (Å²) in [5.41, 5.74) is 6.94. The highest BCUT2D eigenvalue weighted by molar-refractivity contribution is 7.71. The van der Waals surface area contributed by atoms with Gasteiger partial charge in [-0.1, -0.05) is 0 Å². The molecule has 3 nitrogen and oxygen atoms in total. The molecule has 0 saturated carbocycles. The lowest BCUT2D eigenvalue weighted by atomic mass is 10.6. The zero-order valence-electron chi connectivity index (χ0n) is 4.01. The molecule has 1 aromatic rings. The number of hydrogen-bond donors (Lipinski definition) is 1. The summed E-state index contributed by atoms with van der Waals surface area (Å²) >= 11 is 4.61. The summed E-state index contributed by atoms with van der Waals surface area (Å²) in [5.74, 6) is 0.203. The predicted molar refractivity (Wildman–Crippen MR) is 32.2 cm³/mol. The van der Waals surface area contributed by atoms with Crippen LogP contribution in [-0.2, 0) is 0 Å². The average molecular weight is 126 g/mol. The Morgan fingerprint density at radius 1 is 1.75 bits per heavy atom. The summed E-state index contributed by atoms with van der Waals surface area (Å²) in [6.45, 7) is 0. The van der Waals surface area contributed by atoms with Gasteiger partial charge in [0.2, 0.25) is 0 Å². The molecule has 1 rings (SSSR count). The number of aromatic nitrogens is 2. The van der Waals surface area contributed by atoms with E-state index in [1.165, 1.54) is 6.07 Å². The van der Waals surface area contributed by atoms with Gasteiger partial charge in [-0.05, 0) is 18.3 Å². The van der Waals surface area contributed by atoms with Crippen molar-refractivity contribution in [3.8, 4) is 0 Å². The molecule has 0 bridgehead atoms. The van der Waals surface area contributed by atoms with E-state index in [4.69, 9.17) is 5.73 Å². The summed E-state index contributed by atoms with van der Waals surface area (Å²) in [6.07, 6.45) is 1.59. The largest absolute Gasteiger partial charge is 0.337 e. The van der Waals surface area contributed by atoms with E-state index in [1.54, 1.807) is 6.20 Å². The Morgan fingerprint density at radius 3 is 2.88 bits per heavy atom. The Morgan fingerprint density at radius 2 is 2.50 bits per heavy atom. The maximum Gasteiger partial charge on any atom is 0.198 e. The lowest BCUT2D eigenvalue weighted by Crippen LogP contribution is -1.79. The van der Waals surface area contributed by atoms with Gasteiger partial charge in [0.1, 0.15) is 5.82 Å². The van der Waals surface area contributed by atoms with Gasteiger partial charge in [-0.15, -0.1) is 0 Å². The van der Waals surface area contributed by atoms with Crippen molar-refractivity contribution in [1.82, 2.24) is 15.7 Å². The van der Waals surface area contributed by atoms with E-state index in [0.717, 1.165) is 0 Å². The zero-order chi connectivity index (χ0) is 5.98. The number of nitrogens with one attached hydrogen (secondary N) is 2. The SMILES string of the molecule is [NH]c1cc[nH]c(=S)n1. The van der Waals surface area contributed by atoms with E-state index in [-0.39, 0.29) is 5.82 Å². The molecule has 0 amide bonds. The molecule has 0 spiro atoms. The summed E-state index contributed by atoms with van der Waals surface area (Å²) in [5, 5.41) is 0. The molecule has 0 aromatic carbocycles. The number of H-pyrrole nitrogens is 1. The van der Waals surface area contributed by atoms with E-state index >= 15 is 0 Å². The second-order valence-electron chi connectivity index (χ2n) is 1.28. The maximum absolute atomic E-state index is 6.94. The molecule has 0 saturated heterocycles. The van der Waals surface area contributed by atoms with Crippen molar-refractivity contribution in [1.29, 1.82) is 0 Å². The highest BCUT2D eigenvalue weighted by Gasteiger charge is 1.80. The Balaban J connectivity index is 3.28. The van der Waals surface area contributed by atoms with Gasteiger partial charge in [0.05, 0.1) is 0 Å². The number of hydrogen-bond acceptors (Lipinski definition) is 2. The molecule has 0 aliphatic carbocycles. The van der Waals surface area contributed by atoms with Crippen LogP contribution in [0.3, 0.4) is 0 Å². The molecular weight excluding hydrogens is 122 g/mol. The van der Waals surface area contributed by atoms with Crippen LogP contribution in [0.5, 0.6) is 0 Å². The fourth-order valence-electron chi connectivity index (χ4n) is 0.371. The van der Waals surface area contributed by atoms with Crippen molar-refractivity contribution in [3.63, 3.8) is 0 Å². The van der Waals surface area contributed by atoms with Gasteiger partial charge in [0, 0.05) is 6.20 Å². The average Bonchev–Trinajstić information content (AvgIpc) is 1.64. The molecule has 41 valence electrons. The molecule has 1 heterocycles. The van der Waals surface area contributed by atoms with Gasteiger partial charge in [-0.25, -0.2) is 4.98 Å². The smallest absolute Gasteiger partial charge is 0.198 e. The highest BCUT2D eigenvalue weighted by Crippen LogP contribution is 1.91. The number of aromatic amines is 1. The molecule has 1 radical (unpaired) electrons. The van der Waals surface area contributed by atoms with Gasteiger partial charge < -0.3 is 4.98 Å². The van der Waals surface area contributed by atoms with E-state index in [2.05, 4.69) is 22.2 Å². The molecular formula is C4H4N3S. The molecule has 4 heteroatoms. The topological polar surface area (TPSA) is 52.5 Å². The van der Waals surface area contributed by atoms with Crippen LogP contribution in [0.15, 0.2) is 12.3 Å². The molecule has 0 unspecified atom stereocenters. The molecule has 0 fully saturated rings. The Kier molecular flexibility index (Phi) is 1.26. The summed E-state index contributed by atoms with van der Waals surface area (Å²) in [4.78, 5) is 6.26. The van der Waals surface area contributed by atoms with E-state index < -0.39 is 0 Å². The van der Waals surface area contributed by atoms with Crippen LogP contribution < -0.4 is 5.73 Å². The van der Waals surface area contributed by atoms with Crippen LogP contribution in [0.25, 0.3) is 0 Å². The standard InChI is InChI=1S/C4H4N3S/c5-3-1-2-6-4(8)7-3/h1-2,5H,(H,6,7,8). The first kappa shape index (κ1) is 5.24. The molecule has 0 aliphatic rings. The second-order valence-corrected chi connectivity index (χ2v) is 1.67. The van der Waals surface area contributed by atoms with Gasteiger partial charge in [0.25, 0.3) is 0 Å². The maximum atomic E-state index is 6.94. The summed E-state index contributed by atoms with van der Waals surface area (Å²) < 4.78 is 0.359. The van der Waals surface area contributed by atoms with Crippen LogP contribution in [0, 0.1) is 4.77 Å². The van der Waals surface area contributed by atoms with Crippen LogP contribution in [0.4, 0.5) is 5.82 Å². The molecule has 2 N–H and O–H groups in total. The Labute approximate surface area is 51.6 Å². The van der Waals surface area contributed by atoms with Crippen LogP contribution in [0.1, 0.15) is 0 Å². The molecule has 0 atom stereocenters. The normalized spacial score (nSPS) is 9.00. The van der Waals surface area contributed by atoms with Crippen molar-refractivity contribution >= 4 is 18.0 Å². The minimum atomic E-state index is 0.203. The first-order valence-corrected chi connectivity index (χ1v) is 2.47. The first-order valence-electron chi connectivity index (χ1n) is 2.06. The summed E-state index contributed by atoms with van der Waals surface area (Å²) in [7, 11) is 0. The Bertz CT molecular complexity index is 229. The van der Waals surface area contributed by atoms with Crippen LogP contribution in [-0.4, -0.2) is 9.97 Å². The molecule has 0 aliphatic heterocycles. The van der Waals surface area contributed by atoms with Crippen LogP contribution in [0.2, 0.25) is 0 Å². The van der Waals surface area contributed by atoms with Crippen LogP contribution >= 0.6 is 12.2 Å². The third-order valence-electron chi connectivity index (χ3n) is 0.670. The minimum absolute atomic E-state index is 0.203. The van der Waals surface area contributed by atoms with E-state index in [0.29, 0.717) is 4.77 Å². The van der Waals surface area contributed by atoms with Gasteiger partial charge in [0.15, 0.2) is 4.77 Å². The fourth-order valence-corrected chi connectivity index (χ4v) is 0.537. The second kappa shape index (κ2) is 1.92. The minimum Gasteiger partial charge on any atom is -0.337 e. The van der Waals surface area contributed by atoms with Gasteiger partial charge in [-0.3, -0.25) is 5.73 Å². The lowest BCUT2D eigenvalue weighted by molar-refractivity contribution is 1.11. The third-order valence-corrected chi connectivity index (χ3v) is 0.879. The first-order chi connectivity index (χ1) is 3.79. The van der Waals surface area contributed by atoms with E-state index in [9.17, 15) is 0 Å². The molecule has 8 heavy (non-hydrogen) atoms. The number of nitrogens with zero attached hydrogens (tertiary/aromatic N) is 1. The van der Waals surface area contributed by atoms with Gasteiger partial charge in [-0.2, -0.15) is 0 Å².